The topological polar surface area (TPSA) is 64.6 Å². The van der Waals surface area contributed by atoms with Crippen LogP contribution in [0.2, 0.25) is 0 Å². The number of nitrogens with one attached hydrogen (secondary N) is 1. The van der Waals surface area contributed by atoms with E-state index in [4.69, 9.17) is 4.74 Å². The molecule has 0 aliphatic rings. The number of carbonyl (C=O) groups is 2. The van der Waals surface area contributed by atoms with Crippen molar-refractivity contribution in [1.82, 2.24) is 5.32 Å². The standard InChI is InChI=1S/C11H18F3NO4/c1-10(2,3)19-9(17)15-7(8(16)18-4)5-6-11(12,13)14/h7H,5-6H2,1-4H3,(H,15,17)/t7-/m0/s1. The van der Waals surface area contributed by atoms with Crippen LogP contribution in [0.4, 0.5) is 18.0 Å². The number of hydrogen-bond acceptors (Lipinski definition) is 4. The van der Waals surface area contributed by atoms with Crippen LogP contribution < -0.4 is 5.32 Å². The quantitative estimate of drug-likeness (QED) is 0.805. The van der Waals surface area contributed by atoms with Crippen LogP contribution in [0.1, 0.15) is 33.6 Å². The summed E-state index contributed by atoms with van der Waals surface area (Å²) in [6, 6.07) is -1.39. The summed E-state index contributed by atoms with van der Waals surface area (Å²) >= 11 is 0. The minimum absolute atomic E-state index is 0.602. The number of amides is 1. The Balaban J connectivity index is 4.52. The van der Waals surface area contributed by atoms with E-state index >= 15 is 0 Å². The number of alkyl carbamates (subject to hydrolysis) is 1. The first kappa shape index (κ1) is 17.5. The number of ether oxygens (including phenoxy) is 2. The molecule has 0 spiro atoms. The summed E-state index contributed by atoms with van der Waals surface area (Å²) < 4.78 is 45.5. The van der Waals surface area contributed by atoms with E-state index in [9.17, 15) is 22.8 Å². The summed E-state index contributed by atoms with van der Waals surface area (Å²) in [5.74, 6) is -0.949. The van der Waals surface area contributed by atoms with Crippen LogP contribution >= 0.6 is 0 Å². The number of alkyl halides is 3. The predicted molar refractivity (Wildman–Crippen MR) is 60.5 cm³/mol. The summed E-state index contributed by atoms with van der Waals surface area (Å²) in [5, 5.41) is 2.06. The zero-order chi connectivity index (χ0) is 15.3. The smallest absolute Gasteiger partial charge is 0.408 e. The van der Waals surface area contributed by atoms with Gasteiger partial charge in [0, 0.05) is 6.42 Å². The average molecular weight is 285 g/mol. The Kier molecular flexibility index (Phi) is 6.11. The van der Waals surface area contributed by atoms with Crippen molar-refractivity contribution < 1.29 is 32.2 Å². The number of carbonyl (C=O) groups excluding carboxylic acids is 2. The molecule has 0 aliphatic heterocycles. The Bertz CT molecular complexity index is 323. The minimum atomic E-state index is -4.41. The van der Waals surface area contributed by atoms with Gasteiger partial charge >= 0.3 is 18.2 Å². The molecule has 0 aromatic rings. The lowest BCUT2D eigenvalue weighted by molar-refractivity contribution is -0.148. The fourth-order valence-electron chi connectivity index (χ4n) is 1.15. The summed E-state index contributed by atoms with van der Waals surface area (Å²) in [4.78, 5) is 22.7. The van der Waals surface area contributed by atoms with Gasteiger partial charge in [0.25, 0.3) is 0 Å². The number of hydrogen-bond donors (Lipinski definition) is 1. The Morgan fingerprint density at radius 1 is 1.21 bits per heavy atom. The lowest BCUT2D eigenvalue weighted by Crippen LogP contribution is -2.44. The molecule has 8 heteroatoms. The third-order valence-corrected chi connectivity index (χ3v) is 1.89. The molecule has 0 rings (SSSR count). The molecule has 0 radical (unpaired) electrons. The lowest BCUT2D eigenvalue weighted by Gasteiger charge is -2.22. The minimum Gasteiger partial charge on any atom is -0.467 e. The van der Waals surface area contributed by atoms with Crippen LogP contribution in [0, 0.1) is 0 Å². The molecule has 0 aromatic heterocycles. The summed E-state index contributed by atoms with van der Waals surface area (Å²) in [5.41, 5.74) is -0.811. The van der Waals surface area contributed by atoms with E-state index in [0.29, 0.717) is 0 Å². The van der Waals surface area contributed by atoms with Crippen molar-refractivity contribution in [3.05, 3.63) is 0 Å². The van der Waals surface area contributed by atoms with Crippen molar-refractivity contribution in [2.24, 2.45) is 0 Å². The SMILES string of the molecule is COC(=O)[C@H](CCC(F)(F)F)NC(=O)OC(C)(C)C. The van der Waals surface area contributed by atoms with E-state index in [1.54, 1.807) is 20.8 Å². The van der Waals surface area contributed by atoms with Crippen LogP contribution in [0.25, 0.3) is 0 Å². The molecule has 0 saturated carbocycles. The van der Waals surface area contributed by atoms with Gasteiger partial charge in [0.2, 0.25) is 0 Å². The van der Waals surface area contributed by atoms with Gasteiger partial charge in [-0.05, 0) is 27.2 Å². The highest BCUT2D eigenvalue weighted by Crippen LogP contribution is 2.22. The first-order valence-corrected chi connectivity index (χ1v) is 5.58. The molecule has 0 fully saturated rings. The maximum atomic E-state index is 12.1. The highest BCUT2D eigenvalue weighted by atomic mass is 19.4. The Hall–Kier alpha value is -1.47. The van der Waals surface area contributed by atoms with Crippen LogP contribution in [0.15, 0.2) is 0 Å². The second-order valence-corrected chi connectivity index (χ2v) is 4.88. The van der Waals surface area contributed by atoms with Gasteiger partial charge in [-0.25, -0.2) is 9.59 Å². The average Bonchev–Trinajstić information content (AvgIpc) is 2.19. The second-order valence-electron chi connectivity index (χ2n) is 4.88. The third-order valence-electron chi connectivity index (χ3n) is 1.89. The predicted octanol–water partition coefficient (Wildman–Crippen LogP) is 2.40. The third kappa shape index (κ3) is 9.15. The number of esters is 1. The molecule has 0 bridgehead atoms. The largest absolute Gasteiger partial charge is 0.467 e. The molecular formula is C11H18F3NO4. The number of rotatable bonds is 4. The zero-order valence-corrected chi connectivity index (χ0v) is 11.3. The molecule has 1 N–H and O–H groups in total. The van der Waals surface area contributed by atoms with Gasteiger partial charge in [0.15, 0.2) is 0 Å². The molecule has 0 unspecified atom stereocenters. The van der Waals surface area contributed by atoms with Crippen LogP contribution in [-0.4, -0.2) is 37.0 Å². The summed E-state index contributed by atoms with van der Waals surface area (Å²) in [6.07, 6.45) is -7.19. The van der Waals surface area contributed by atoms with E-state index in [-0.39, 0.29) is 0 Å². The Morgan fingerprint density at radius 3 is 2.11 bits per heavy atom. The zero-order valence-electron chi connectivity index (χ0n) is 11.3. The maximum absolute atomic E-state index is 12.1. The van der Waals surface area contributed by atoms with Gasteiger partial charge in [-0.15, -0.1) is 0 Å². The normalized spacial score (nSPS) is 13.6. The van der Waals surface area contributed by atoms with E-state index in [1.807, 2.05) is 0 Å². The molecule has 1 atom stereocenters. The second kappa shape index (κ2) is 6.63. The van der Waals surface area contributed by atoms with Crippen molar-refractivity contribution in [1.29, 1.82) is 0 Å². The van der Waals surface area contributed by atoms with Gasteiger partial charge < -0.3 is 14.8 Å². The van der Waals surface area contributed by atoms with Gasteiger partial charge in [-0.3, -0.25) is 0 Å². The number of halogens is 3. The first-order valence-electron chi connectivity index (χ1n) is 5.58. The van der Waals surface area contributed by atoms with Crippen molar-refractivity contribution in [2.75, 3.05) is 7.11 Å². The monoisotopic (exact) mass is 285 g/mol. The van der Waals surface area contributed by atoms with E-state index < -0.39 is 42.7 Å². The van der Waals surface area contributed by atoms with Crippen LogP contribution in [0.5, 0.6) is 0 Å². The summed E-state index contributed by atoms with van der Waals surface area (Å²) in [7, 11) is 1.03. The van der Waals surface area contributed by atoms with E-state index in [2.05, 4.69) is 10.1 Å². The van der Waals surface area contributed by atoms with E-state index in [0.717, 1.165) is 7.11 Å². The highest BCUT2D eigenvalue weighted by molar-refractivity contribution is 5.81. The van der Waals surface area contributed by atoms with Crippen molar-refractivity contribution >= 4 is 12.1 Å². The molecule has 0 heterocycles. The molecule has 1 amide bonds. The van der Waals surface area contributed by atoms with E-state index in [1.165, 1.54) is 0 Å². The Morgan fingerprint density at radius 2 is 1.74 bits per heavy atom. The Labute approximate surface area is 109 Å². The van der Waals surface area contributed by atoms with Gasteiger partial charge in [-0.1, -0.05) is 0 Å². The molecule has 0 aromatic carbocycles. The lowest BCUT2D eigenvalue weighted by atomic mass is 10.1. The molecule has 112 valence electrons. The van der Waals surface area contributed by atoms with Crippen molar-refractivity contribution in [2.45, 2.75) is 51.4 Å². The highest BCUT2D eigenvalue weighted by Gasteiger charge is 2.32. The number of methoxy groups -OCH3 is 1. The molecule has 0 aliphatic carbocycles. The fraction of sp³-hybridized carbons (Fsp3) is 0.818. The van der Waals surface area contributed by atoms with Crippen molar-refractivity contribution in [3.63, 3.8) is 0 Å². The molecule has 5 nitrogen and oxygen atoms in total. The maximum Gasteiger partial charge on any atom is 0.408 e. The van der Waals surface area contributed by atoms with Gasteiger partial charge in [-0.2, -0.15) is 13.2 Å². The van der Waals surface area contributed by atoms with Crippen molar-refractivity contribution in [3.8, 4) is 0 Å². The molecular weight excluding hydrogens is 267 g/mol. The van der Waals surface area contributed by atoms with Gasteiger partial charge in [0.1, 0.15) is 11.6 Å². The molecule has 19 heavy (non-hydrogen) atoms. The van der Waals surface area contributed by atoms with Crippen LogP contribution in [-0.2, 0) is 14.3 Å². The fourth-order valence-corrected chi connectivity index (χ4v) is 1.15. The summed E-state index contributed by atoms with van der Waals surface area (Å²) in [6.45, 7) is 4.78. The van der Waals surface area contributed by atoms with Gasteiger partial charge in [0.05, 0.1) is 7.11 Å². The molecule has 0 saturated heterocycles. The van der Waals surface area contributed by atoms with Crippen LogP contribution in [0.3, 0.4) is 0 Å². The first-order chi connectivity index (χ1) is 8.44.